The molecule has 1 saturated carbocycles. The maximum absolute atomic E-state index is 12.6. The molecule has 1 aliphatic carbocycles. The first-order valence-corrected chi connectivity index (χ1v) is 12.7. The Morgan fingerprint density at radius 3 is 2.33 bits per heavy atom. The minimum atomic E-state index is -3.54. The van der Waals surface area contributed by atoms with Crippen LogP contribution in [0.25, 0.3) is 0 Å². The van der Waals surface area contributed by atoms with Crippen molar-refractivity contribution in [3.8, 4) is 5.75 Å². The number of nitrogens with zero attached hydrogens (tertiary/aromatic N) is 2. The molecule has 0 bridgehead atoms. The van der Waals surface area contributed by atoms with Crippen LogP contribution in [0.2, 0.25) is 0 Å². The Bertz CT molecular complexity index is 729. The van der Waals surface area contributed by atoms with Crippen LogP contribution >= 0.6 is 0 Å². The molecular weight excluding hydrogens is 402 g/mol. The molecule has 30 heavy (non-hydrogen) atoms. The lowest BCUT2D eigenvalue weighted by molar-refractivity contribution is 0.0193. The van der Waals surface area contributed by atoms with Gasteiger partial charge in [0.05, 0.1) is 18.9 Å². The largest absolute Gasteiger partial charge is 0.497 e. The van der Waals surface area contributed by atoms with Crippen LogP contribution in [0, 0.1) is 0 Å². The predicted molar refractivity (Wildman–Crippen MR) is 120 cm³/mol. The van der Waals surface area contributed by atoms with Crippen molar-refractivity contribution in [2.24, 2.45) is 0 Å². The summed E-state index contributed by atoms with van der Waals surface area (Å²) in [7, 11) is 0.279. The number of piperidine rings is 1. The number of rotatable bonds is 13. The van der Waals surface area contributed by atoms with E-state index in [0.717, 1.165) is 31.9 Å². The first-order valence-electron chi connectivity index (χ1n) is 11.2. The average Bonchev–Trinajstić information content (AvgIpc) is 3.59. The van der Waals surface area contributed by atoms with Crippen molar-refractivity contribution in [2.45, 2.75) is 63.5 Å². The summed E-state index contributed by atoms with van der Waals surface area (Å²) in [5.41, 5.74) is 0.539. The lowest BCUT2D eigenvalue weighted by Crippen LogP contribution is -2.43. The van der Waals surface area contributed by atoms with Gasteiger partial charge in [0.2, 0.25) is 0 Å². The monoisotopic (exact) mass is 439 g/mol. The first-order chi connectivity index (χ1) is 14.5. The molecule has 7 nitrogen and oxygen atoms in total. The number of benzene rings is 1. The van der Waals surface area contributed by atoms with Crippen molar-refractivity contribution in [1.29, 1.82) is 0 Å². The van der Waals surface area contributed by atoms with Crippen molar-refractivity contribution in [3.63, 3.8) is 0 Å². The Morgan fingerprint density at radius 1 is 1.03 bits per heavy atom. The van der Waals surface area contributed by atoms with Gasteiger partial charge in [0.25, 0.3) is 0 Å². The second kappa shape index (κ2) is 11.3. The molecule has 3 rings (SSSR count). The van der Waals surface area contributed by atoms with E-state index in [0.29, 0.717) is 24.5 Å². The van der Waals surface area contributed by atoms with E-state index in [1.165, 1.54) is 43.0 Å². The van der Waals surface area contributed by atoms with Gasteiger partial charge in [-0.25, -0.2) is 0 Å². The maximum atomic E-state index is 12.6. The molecule has 0 atom stereocenters. The van der Waals surface area contributed by atoms with Gasteiger partial charge in [0.15, 0.2) is 0 Å². The molecule has 1 aromatic carbocycles. The Labute approximate surface area is 181 Å². The van der Waals surface area contributed by atoms with E-state index in [-0.39, 0.29) is 6.10 Å². The number of nitrogens with one attached hydrogen (secondary N) is 1. The van der Waals surface area contributed by atoms with Crippen LogP contribution in [-0.4, -0.2) is 70.2 Å². The number of unbranched alkanes of at least 4 members (excludes halogenated alkanes) is 3. The summed E-state index contributed by atoms with van der Waals surface area (Å²) in [5, 5.41) is 0. The zero-order chi connectivity index (χ0) is 21.4. The quantitative estimate of drug-likeness (QED) is 0.477. The van der Waals surface area contributed by atoms with Gasteiger partial charge in [0.1, 0.15) is 5.75 Å². The minimum Gasteiger partial charge on any atom is -0.497 e. The zero-order valence-corrected chi connectivity index (χ0v) is 19.2. The van der Waals surface area contributed by atoms with Crippen LogP contribution < -0.4 is 9.46 Å². The third-order valence-electron chi connectivity index (χ3n) is 6.01. The fourth-order valence-electron chi connectivity index (χ4n) is 3.88. The number of hydrogen-bond donors (Lipinski definition) is 1. The molecule has 0 unspecified atom stereocenters. The van der Waals surface area contributed by atoms with Gasteiger partial charge in [-0.15, -0.1) is 0 Å². The summed E-state index contributed by atoms with van der Waals surface area (Å²) < 4.78 is 40.5. The molecule has 2 aliphatic rings. The van der Waals surface area contributed by atoms with Gasteiger partial charge >= 0.3 is 10.2 Å². The van der Waals surface area contributed by atoms with E-state index in [2.05, 4.69) is 16.7 Å². The highest BCUT2D eigenvalue weighted by Crippen LogP contribution is 2.25. The summed E-state index contributed by atoms with van der Waals surface area (Å²) >= 11 is 0. The van der Waals surface area contributed by atoms with Crippen molar-refractivity contribution in [3.05, 3.63) is 24.3 Å². The number of anilines is 1. The summed E-state index contributed by atoms with van der Waals surface area (Å²) in [6, 6.07) is 7.74. The van der Waals surface area contributed by atoms with E-state index < -0.39 is 10.2 Å². The lowest BCUT2D eigenvalue weighted by Gasteiger charge is -2.31. The van der Waals surface area contributed by atoms with Crippen molar-refractivity contribution in [2.75, 3.05) is 45.1 Å². The Hall–Kier alpha value is -1.35. The van der Waals surface area contributed by atoms with Crippen LogP contribution in [0.15, 0.2) is 24.3 Å². The fraction of sp³-hybridized carbons (Fsp3) is 0.727. The Balaban J connectivity index is 1.27. The number of methoxy groups -OCH3 is 1. The van der Waals surface area contributed by atoms with Crippen LogP contribution in [0.5, 0.6) is 5.75 Å². The molecular formula is C22H37N3O4S. The van der Waals surface area contributed by atoms with E-state index in [9.17, 15) is 8.42 Å². The van der Waals surface area contributed by atoms with Crippen LogP contribution in [0.3, 0.4) is 0 Å². The molecule has 1 N–H and O–H groups in total. The second-order valence-electron chi connectivity index (χ2n) is 8.43. The van der Waals surface area contributed by atoms with Crippen LogP contribution in [-0.2, 0) is 14.9 Å². The minimum absolute atomic E-state index is 0.165. The normalized spacial score (nSPS) is 18.6. The molecule has 1 saturated heterocycles. The molecule has 0 amide bonds. The average molecular weight is 440 g/mol. The molecule has 8 heteroatoms. The maximum Gasteiger partial charge on any atom is 0.301 e. The Kier molecular flexibility index (Phi) is 8.80. The standard InChI is InChI=1S/C22H37N3O4S/c1-24(20-9-10-20)15-5-3-4-6-18-29-22-13-16-25(17-14-22)30(26,27)23-19-7-11-21(28-2)12-8-19/h7-8,11-12,20,22-23H,3-6,9-10,13-18H2,1-2H3. The molecule has 1 aliphatic heterocycles. The molecule has 1 heterocycles. The summed E-state index contributed by atoms with van der Waals surface area (Å²) in [6.07, 6.45) is 9.23. The van der Waals surface area contributed by atoms with Crippen LogP contribution in [0.1, 0.15) is 51.4 Å². The van der Waals surface area contributed by atoms with Gasteiger partial charge in [-0.05, 0) is 76.4 Å². The van der Waals surface area contributed by atoms with Crippen molar-refractivity contribution in [1.82, 2.24) is 9.21 Å². The predicted octanol–water partition coefficient (Wildman–Crippen LogP) is 3.49. The zero-order valence-electron chi connectivity index (χ0n) is 18.4. The molecule has 1 aromatic rings. The fourth-order valence-corrected chi connectivity index (χ4v) is 5.13. The highest BCUT2D eigenvalue weighted by Gasteiger charge is 2.28. The van der Waals surface area contributed by atoms with Gasteiger partial charge in [-0.2, -0.15) is 12.7 Å². The lowest BCUT2D eigenvalue weighted by atomic mass is 10.1. The van der Waals surface area contributed by atoms with Gasteiger partial charge in [-0.1, -0.05) is 12.8 Å². The molecule has 170 valence electrons. The molecule has 0 aromatic heterocycles. The van der Waals surface area contributed by atoms with Gasteiger partial charge < -0.3 is 14.4 Å². The topological polar surface area (TPSA) is 71.1 Å². The van der Waals surface area contributed by atoms with Gasteiger partial charge in [0, 0.05) is 25.7 Å². The molecule has 2 fully saturated rings. The third kappa shape index (κ3) is 7.41. The van der Waals surface area contributed by atoms with E-state index in [1.807, 2.05) is 0 Å². The van der Waals surface area contributed by atoms with Gasteiger partial charge in [-0.3, -0.25) is 4.72 Å². The smallest absolute Gasteiger partial charge is 0.301 e. The van der Waals surface area contributed by atoms with E-state index >= 15 is 0 Å². The Morgan fingerprint density at radius 2 is 1.70 bits per heavy atom. The molecule has 0 radical (unpaired) electrons. The van der Waals surface area contributed by atoms with Crippen LogP contribution in [0.4, 0.5) is 5.69 Å². The number of hydrogen-bond acceptors (Lipinski definition) is 5. The highest BCUT2D eigenvalue weighted by molar-refractivity contribution is 7.90. The van der Waals surface area contributed by atoms with E-state index in [1.54, 1.807) is 31.4 Å². The third-order valence-corrected chi connectivity index (χ3v) is 7.55. The first kappa shape index (κ1) is 23.3. The summed E-state index contributed by atoms with van der Waals surface area (Å²) in [6.45, 7) is 2.97. The van der Waals surface area contributed by atoms with Crippen molar-refractivity contribution >= 4 is 15.9 Å². The highest BCUT2D eigenvalue weighted by atomic mass is 32.2. The summed E-state index contributed by atoms with van der Waals surface area (Å²) in [5.74, 6) is 0.696. The van der Waals surface area contributed by atoms with E-state index in [4.69, 9.17) is 9.47 Å². The SMILES string of the molecule is COc1ccc(NS(=O)(=O)N2CCC(OCCCCCCN(C)C3CC3)CC2)cc1. The summed E-state index contributed by atoms with van der Waals surface area (Å²) in [4.78, 5) is 2.49. The molecule has 0 spiro atoms. The number of ether oxygens (including phenoxy) is 2. The second-order valence-corrected chi connectivity index (χ2v) is 10.1. The van der Waals surface area contributed by atoms with Crippen molar-refractivity contribution < 1.29 is 17.9 Å².